The van der Waals surface area contributed by atoms with Gasteiger partial charge in [0.1, 0.15) is 5.75 Å². The van der Waals surface area contributed by atoms with E-state index in [0.717, 1.165) is 0 Å². The van der Waals surface area contributed by atoms with Crippen LogP contribution < -0.4 is 10.5 Å². The van der Waals surface area contributed by atoms with Gasteiger partial charge in [-0.05, 0) is 19.1 Å². The van der Waals surface area contributed by atoms with Crippen molar-refractivity contribution in [1.29, 1.82) is 0 Å². The molecule has 0 amide bonds. The Morgan fingerprint density at radius 1 is 1.35 bits per heavy atom. The van der Waals surface area contributed by atoms with Crippen LogP contribution in [0.15, 0.2) is 18.3 Å². The maximum Gasteiger partial charge on any atom is 0.422 e. The molecule has 100 valence electrons. The normalized spacial score (nSPS) is 12.1. The standard InChI is InChI=1S/C9H11F3N2O.2ClH/c1-6(13)8-3-2-7(4-14-8)15-5-9(10,11)12;;/h2-4,6H,5,13H2,1H3;2*1H/t6-;;/m1../s1. The molecule has 0 radical (unpaired) electrons. The molecule has 0 saturated heterocycles. The van der Waals surface area contributed by atoms with Crippen LogP contribution in [0.3, 0.4) is 0 Å². The third kappa shape index (κ3) is 7.25. The second-order valence-corrected chi connectivity index (χ2v) is 3.11. The van der Waals surface area contributed by atoms with Crippen LogP contribution in [-0.4, -0.2) is 17.8 Å². The van der Waals surface area contributed by atoms with E-state index < -0.39 is 12.8 Å². The van der Waals surface area contributed by atoms with Crippen molar-refractivity contribution in [3.63, 3.8) is 0 Å². The maximum atomic E-state index is 11.8. The molecule has 0 saturated carbocycles. The first kappa shape index (κ1) is 18.6. The van der Waals surface area contributed by atoms with Crippen LogP contribution in [0.5, 0.6) is 5.75 Å². The molecule has 17 heavy (non-hydrogen) atoms. The van der Waals surface area contributed by atoms with Gasteiger partial charge >= 0.3 is 6.18 Å². The van der Waals surface area contributed by atoms with Gasteiger partial charge in [-0.1, -0.05) is 0 Å². The van der Waals surface area contributed by atoms with Crippen molar-refractivity contribution < 1.29 is 17.9 Å². The molecule has 0 aliphatic carbocycles. The number of halogens is 5. The predicted octanol–water partition coefficient (Wildman–Crippen LogP) is 2.89. The Hall–Kier alpha value is -0.720. The van der Waals surface area contributed by atoms with Gasteiger partial charge in [-0.2, -0.15) is 13.2 Å². The third-order valence-corrected chi connectivity index (χ3v) is 1.63. The van der Waals surface area contributed by atoms with E-state index in [1.165, 1.54) is 18.3 Å². The largest absolute Gasteiger partial charge is 0.483 e. The smallest absolute Gasteiger partial charge is 0.422 e. The average molecular weight is 293 g/mol. The quantitative estimate of drug-likeness (QED) is 0.932. The summed E-state index contributed by atoms with van der Waals surface area (Å²) in [5, 5.41) is 0. The summed E-state index contributed by atoms with van der Waals surface area (Å²) in [7, 11) is 0. The Kier molecular flexibility index (Phi) is 8.31. The van der Waals surface area contributed by atoms with Gasteiger partial charge in [0, 0.05) is 6.04 Å². The van der Waals surface area contributed by atoms with E-state index in [-0.39, 0.29) is 36.6 Å². The molecule has 1 rings (SSSR count). The summed E-state index contributed by atoms with van der Waals surface area (Å²) >= 11 is 0. The molecular weight excluding hydrogens is 280 g/mol. The highest BCUT2D eigenvalue weighted by Gasteiger charge is 2.28. The molecule has 0 aliphatic heterocycles. The van der Waals surface area contributed by atoms with Gasteiger partial charge in [-0.25, -0.2) is 0 Å². The first-order chi connectivity index (χ1) is 6.88. The Balaban J connectivity index is 0. The van der Waals surface area contributed by atoms with Crippen molar-refractivity contribution in [2.45, 2.75) is 19.1 Å². The first-order valence-corrected chi connectivity index (χ1v) is 4.29. The molecular formula is C9H13Cl2F3N2O. The summed E-state index contributed by atoms with van der Waals surface area (Å²) in [6.45, 7) is 0.421. The fourth-order valence-corrected chi connectivity index (χ4v) is 0.912. The Morgan fingerprint density at radius 2 is 1.94 bits per heavy atom. The second kappa shape index (κ2) is 7.58. The van der Waals surface area contributed by atoms with Crippen LogP contribution in [0.4, 0.5) is 13.2 Å². The van der Waals surface area contributed by atoms with Crippen molar-refractivity contribution in [3.05, 3.63) is 24.0 Å². The Bertz CT molecular complexity index is 317. The molecule has 0 unspecified atom stereocenters. The molecule has 2 N–H and O–H groups in total. The topological polar surface area (TPSA) is 48.1 Å². The number of hydrogen-bond donors (Lipinski definition) is 1. The molecule has 1 heterocycles. The first-order valence-electron chi connectivity index (χ1n) is 4.29. The number of aromatic nitrogens is 1. The maximum absolute atomic E-state index is 11.8. The highest BCUT2D eigenvalue weighted by Crippen LogP contribution is 2.18. The summed E-state index contributed by atoms with van der Waals surface area (Å²) in [5.41, 5.74) is 6.13. The van der Waals surface area contributed by atoms with E-state index >= 15 is 0 Å². The number of rotatable bonds is 3. The number of hydrogen-bond acceptors (Lipinski definition) is 3. The number of nitrogens with two attached hydrogens (primary N) is 1. The zero-order valence-electron chi connectivity index (χ0n) is 8.90. The van der Waals surface area contributed by atoms with Crippen LogP contribution in [0.2, 0.25) is 0 Å². The van der Waals surface area contributed by atoms with E-state index in [0.29, 0.717) is 5.69 Å². The third-order valence-electron chi connectivity index (χ3n) is 1.63. The molecule has 3 nitrogen and oxygen atoms in total. The van der Waals surface area contributed by atoms with E-state index in [4.69, 9.17) is 5.73 Å². The fourth-order valence-electron chi connectivity index (χ4n) is 0.912. The average Bonchev–Trinajstić information content (AvgIpc) is 2.14. The van der Waals surface area contributed by atoms with Crippen LogP contribution in [0, 0.1) is 0 Å². The second-order valence-electron chi connectivity index (χ2n) is 3.11. The summed E-state index contributed by atoms with van der Waals surface area (Å²) in [6.07, 6.45) is -3.11. The van der Waals surface area contributed by atoms with Crippen LogP contribution in [-0.2, 0) is 0 Å². The number of nitrogens with zero attached hydrogens (tertiary/aromatic N) is 1. The summed E-state index contributed by atoms with van der Waals surface area (Å²) in [4.78, 5) is 3.86. The minimum absolute atomic E-state index is 0. The van der Waals surface area contributed by atoms with Gasteiger partial charge in [0.25, 0.3) is 0 Å². The highest BCUT2D eigenvalue weighted by atomic mass is 35.5. The van der Waals surface area contributed by atoms with E-state index in [2.05, 4.69) is 9.72 Å². The monoisotopic (exact) mass is 292 g/mol. The molecule has 8 heteroatoms. The lowest BCUT2D eigenvalue weighted by Crippen LogP contribution is -2.19. The lowest BCUT2D eigenvalue weighted by Gasteiger charge is -2.09. The van der Waals surface area contributed by atoms with Crippen molar-refractivity contribution in [2.75, 3.05) is 6.61 Å². The number of ether oxygens (including phenoxy) is 1. The summed E-state index contributed by atoms with van der Waals surface area (Å²) in [6, 6.07) is 2.70. The molecule has 0 aliphatic rings. The van der Waals surface area contributed by atoms with E-state index in [9.17, 15) is 13.2 Å². The van der Waals surface area contributed by atoms with Gasteiger partial charge in [0.05, 0.1) is 11.9 Å². The molecule has 0 spiro atoms. The Labute approximate surface area is 109 Å². The molecule has 0 bridgehead atoms. The van der Waals surface area contributed by atoms with Crippen LogP contribution in [0.25, 0.3) is 0 Å². The molecule has 0 fully saturated rings. The molecule has 0 aromatic carbocycles. The summed E-state index contributed by atoms with van der Waals surface area (Å²) in [5.74, 6) is 0.0803. The van der Waals surface area contributed by atoms with E-state index in [1.54, 1.807) is 6.92 Å². The highest BCUT2D eigenvalue weighted by molar-refractivity contribution is 5.85. The van der Waals surface area contributed by atoms with Crippen molar-refractivity contribution in [1.82, 2.24) is 4.98 Å². The van der Waals surface area contributed by atoms with Crippen LogP contribution in [0.1, 0.15) is 18.7 Å². The van der Waals surface area contributed by atoms with Gasteiger partial charge < -0.3 is 10.5 Å². The number of pyridine rings is 1. The number of alkyl halides is 3. The minimum atomic E-state index is -4.33. The molecule has 1 aromatic rings. The predicted molar refractivity (Wildman–Crippen MR) is 62.9 cm³/mol. The molecule has 1 atom stereocenters. The van der Waals surface area contributed by atoms with Gasteiger partial charge in [0.2, 0.25) is 0 Å². The van der Waals surface area contributed by atoms with E-state index in [1.807, 2.05) is 0 Å². The lowest BCUT2D eigenvalue weighted by molar-refractivity contribution is -0.153. The zero-order chi connectivity index (χ0) is 11.5. The lowest BCUT2D eigenvalue weighted by atomic mass is 10.2. The van der Waals surface area contributed by atoms with Crippen molar-refractivity contribution in [3.8, 4) is 5.75 Å². The zero-order valence-corrected chi connectivity index (χ0v) is 10.5. The van der Waals surface area contributed by atoms with Gasteiger partial charge in [0.15, 0.2) is 6.61 Å². The minimum Gasteiger partial charge on any atom is -0.483 e. The van der Waals surface area contributed by atoms with Crippen LogP contribution >= 0.6 is 24.8 Å². The van der Waals surface area contributed by atoms with Crippen molar-refractivity contribution in [2.24, 2.45) is 5.73 Å². The van der Waals surface area contributed by atoms with Gasteiger partial charge in [-0.3, -0.25) is 4.98 Å². The fraction of sp³-hybridized carbons (Fsp3) is 0.444. The molecule has 1 aromatic heterocycles. The Morgan fingerprint density at radius 3 is 2.29 bits per heavy atom. The summed E-state index contributed by atoms with van der Waals surface area (Å²) < 4.78 is 39.8. The SMILES string of the molecule is C[C@@H](N)c1ccc(OCC(F)(F)F)cn1.Cl.Cl. The van der Waals surface area contributed by atoms with Gasteiger partial charge in [-0.15, -0.1) is 24.8 Å². The van der Waals surface area contributed by atoms with Crippen molar-refractivity contribution >= 4 is 24.8 Å².